The normalized spacial score (nSPS) is 34.7. The van der Waals surface area contributed by atoms with Crippen molar-refractivity contribution in [3.8, 4) is 0 Å². The van der Waals surface area contributed by atoms with Gasteiger partial charge in [0.05, 0.1) is 23.7 Å². The first-order valence-electron chi connectivity index (χ1n) is 19.8. The van der Waals surface area contributed by atoms with Crippen LogP contribution in [0.1, 0.15) is 47.9 Å². The van der Waals surface area contributed by atoms with Gasteiger partial charge in [-0.1, -0.05) is 48.5 Å². The number of hydrogen-bond donors (Lipinski definition) is 6. The van der Waals surface area contributed by atoms with Crippen LogP contribution in [0.3, 0.4) is 0 Å². The topological polar surface area (TPSA) is 151 Å². The third-order valence-corrected chi connectivity index (χ3v) is 21.7. The van der Waals surface area contributed by atoms with Crippen molar-refractivity contribution in [2.45, 2.75) is 78.9 Å². The maximum atomic E-state index is 16.1. The van der Waals surface area contributed by atoms with E-state index in [2.05, 4.69) is 48.9 Å². The molecule has 2 aromatic rings. The highest BCUT2D eigenvalue weighted by molar-refractivity contribution is 7.96. The second kappa shape index (κ2) is 14.5. The smallest absolute Gasteiger partial charge is 0.342 e. The predicted octanol–water partition coefficient (Wildman–Crippen LogP) is 3.97. The summed E-state index contributed by atoms with van der Waals surface area (Å²) in [4.78, 5) is 39.7. The van der Waals surface area contributed by atoms with Crippen LogP contribution in [0.15, 0.2) is 48.5 Å². The van der Waals surface area contributed by atoms with Crippen molar-refractivity contribution in [1.29, 1.82) is 0 Å². The van der Waals surface area contributed by atoms with Gasteiger partial charge in [0.15, 0.2) is 5.16 Å². The van der Waals surface area contributed by atoms with Gasteiger partial charge in [-0.05, 0) is 92.5 Å². The zero-order chi connectivity index (χ0) is 38.0. The van der Waals surface area contributed by atoms with Gasteiger partial charge in [0.25, 0.3) is 0 Å². The third-order valence-electron chi connectivity index (χ3n) is 14.8. The molecule has 54 heavy (non-hydrogen) atoms. The van der Waals surface area contributed by atoms with Gasteiger partial charge in [-0.25, -0.2) is 9.18 Å². The molecule has 13 heteroatoms. The Kier molecular flexibility index (Phi) is 10.3. The van der Waals surface area contributed by atoms with Crippen molar-refractivity contribution >= 4 is 34.4 Å². The van der Waals surface area contributed by atoms with E-state index in [0.29, 0.717) is 68.4 Å². The number of carboxylic acid groups (broad SMARTS) is 3. The molecular formula is C41H56FN4O6P2+. The van der Waals surface area contributed by atoms with Crippen LogP contribution in [0.5, 0.6) is 0 Å². The molecule has 6 saturated heterocycles. The number of carboxylic acids is 3. The van der Waals surface area contributed by atoms with E-state index < -0.39 is 41.9 Å². The minimum atomic E-state index is -2.34. The SMILES string of the molecule is C[P+]12C3C(CN(Cc4cccc(CC(F)(C(=O)O)C5CCNC5)c4)Cc4cccc(CC(P)(C(=O)O)C5CCNC5)c4)C1C32CC(C(=O)O)C1CCNC1. The van der Waals surface area contributed by atoms with Gasteiger partial charge in [-0.15, -0.1) is 9.24 Å². The lowest BCUT2D eigenvalue weighted by molar-refractivity contribution is -0.154. The van der Waals surface area contributed by atoms with E-state index in [1.54, 1.807) is 0 Å². The Morgan fingerprint density at radius 1 is 0.852 bits per heavy atom. The fourth-order valence-electron chi connectivity index (χ4n) is 11.8. The second-order valence-electron chi connectivity index (χ2n) is 17.6. The van der Waals surface area contributed by atoms with Crippen molar-refractivity contribution < 1.29 is 34.1 Å². The molecule has 7 aliphatic rings. The van der Waals surface area contributed by atoms with Crippen LogP contribution < -0.4 is 16.0 Å². The van der Waals surface area contributed by atoms with E-state index in [9.17, 15) is 29.7 Å². The van der Waals surface area contributed by atoms with Crippen molar-refractivity contribution in [2.24, 2.45) is 29.6 Å². The Balaban J connectivity index is 1.01. The molecule has 0 aromatic heterocycles. The lowest BCUT2D eigenvalue weighted by Gasteiger charge is -2.39. The van der Waals surface area contributed by atoms with Crippen LogP contribution in [0.4, 0.5) is 4.39 Å². The summed E-state index contributed by atoms with van der Waals surface area (Å²) < 4.78 is 16.1. The molecule has 0 spiro atoms. The first-order chi connectivity index (χ1) is 25.8. The summed E-state index contributed by atoms with van der Waals surface area (Å²) in [5.74, 6) is -2.96. The summed E-state index contributed by atoms with van der Waals surface area (Å²) in [5, 5.41) is 39.6. The van der Waals surface area contributed by atoms with Crippen molar-refractivity contribution in [3.63, 3.8) is 0 Å². The van der Waals surface area contributed by atoms with Gasteiger partial charge in [0.1, 0.15) is 11.3 Å². The number of nitrogens with one attached hydrogen (secondary N) is 3. The summed E-state index contributed by atoms with van der Waals surface area (Å²) in [6.07, 6.45) is 3.31. The zero-order valence-corrected chi connectivity index (χ0v) is 33.2. The first kappa shape index (κ1) is 38.4. The number of rotatable bonds is 18. The standard InChI is InChI=1S/C41H55FN4O6P2/c1-54-34-33(35(54)41(34,54)18-32(36(47)48)29-8-11-43-19-29)24-46(22-27-6-2-4-25(14-27)16-39(42,37(49)50)30-9-12-44-20-30)23-28-7-3-5-26(15-28)17-40(53,38(51)52)31-10-13-45-21-31/h2-7,14-15,29-35,43-45H,8-13,16-24,53H2,1H3,(H2-,47,48,49,50,51,52)/p+1. The summed E-state index contributed by atoms with van der Waals surface area (Å²) in [5.41, 5.74) is 2.68. The number of carbonyl (C=O) groups is 3. The zero-order valence-electron chi connectivity index (χ0n) is 31.2. The van der Waals surface area contributed by atoms with Crippen LogP contribution in [0.2, 0.25) is 0 Å². The molecule has 7 fully saturated rings. The highest BCUT2D eigenvalue weighted by Gasteiger charge is 3.17. The molecule has 9 atom stereocenters. The average Bonchev–Trinajstić information content (AvgIpc) is 3.72. The molecule has 0 radical (unpaired) electrons. The molecule has 9 rings (SSSR count). The summed E-state index contributed by atoms with van der Waals surface area (Å²) in [6, 6.07) is 16.0. The van der Waals surface area contributed by atoms with E-state index in [1.807, 2.05) is 36.4 Å². The Morgan fingerprint density at radius 3 is 1.93 bits per heavy atom. The molecule has 9 unspecified atom stereocenters. The predicted molar refractivity (Wildman–Crippen MR) is 211 cm³/mol. The Labute approximate surface area is 320 Å². The van der Waals surface area contributed by atoms with E-state index >= 15 is 4.39 Å². The Morgan fingerprint density at radius 2 is 1.41 bits per heavy atom. The summed E-state index contributed by atoms with van der Waals surface area (Å²) in [6.45, 7) is 8.77. The molecule has 2 aromatic carbocycles. The maximum absolute atomic E-state index is 16.1. The van der Waals surface area contributed by atoms with Crippen LogP contribution >= 0.6 is 16.5 Å². The Hall–Kier alpha value is -2.52. The Bertz CT molecular complexity index is 1680. The van der Waals surface area contributed by atoms with Crippen molar-refractivity contribution in [3.05, 3.63) is 70.8 Å². The van der Waals surface area contributed by atoms with E-state index in [0.717, 1.165) is 62.1 Å². The molecule has 2 bridgehead atoms. The van der Waals surface area contributed by atoms with Crippen LogP contribution in [-0.4, -0.2) is 118 Å². The van der Waals surface area contributed by atoms with Gasteiger partial charge in [0, 0.05) is 52.2 Å². The van der Waals surface area contributed by atoms with E-state index in [1.165, 1.54) is 0 Å². The maximum Gasteiger partial charge on any atom is 0.342 e. The third kappa shape index (κ3) is 6.43. The average molecular weight is 782 g/mol. The van der Waals surface area contributed by atoms with Crippen molar-refractivity contribution in [1.82, 2.24) is 20.9 Å². The molecule has 292 valence electrons. The molecule has 1 saturated carbocycles. The monoisotopic (exact) mass is 781 g/mol. The lowest BCUT2D eigenvalue weighted by Crippen LogP contribution is -2.54. The van der Waals surface area contributed by atoms with Crippen LogP contribution in [-0.2, 0) is 40.3 Å². The summed E-state index contributed by atoms with van der Waals surface area (Å²) in [7, 11) is 1.58. The van der Waals surface area contributed by atoms with Crippen molar-refractivity contribution in [2.75, 3.05) is 52.5 Å². The van der Waals surface area contributed by atoms with Gasteiger partial charge in [0.2, 0.25) is 5.67 Å². The van der Waals surface area contributed by atoms with Gasteiger partial charge < -0.3 is 31.3 Å². The minimum absolute atomic E-state index is 0.0251. The molecule has 0 amide bonds. The molecular weight excluding hydrogens is 725 g/mol. The van der Waals surface area contributed by atoms with E-state index in [-0.39, 0.29) is 29.3 Å². The first-order valence-corrected chi connectivity index (χ1v) is 22.8. The number of halogens is 1. The number of nitrogens with zero attached hydrogens (tertiary/aromatic N) is 1. The second-order valence-corrected chi connectivity index (χ2v) is 22.9. The lowest BCUT2D eigenvalue weighted by atomic mass is 9.68. The number of aliphatic carboxylic acids is 3. The highest BCUT2D eigenvalue weighted by atomic mass is 31.2. The number of alkyl halides is 1. The fourth-order valence-corrected chi connectivity index (χ4v) is 19.7. The van der Waals surface area contributed by atoms with Gasteiger partial charge >= 0.3 is 17.9 Å². The highest BCUT2D eigenvalue weighted by Crippen LogP contribution is 3.21. The quantitative estimate of drug-likeness (QED) is 0.123. The molecule has 6 heterocycles. The minimum Gasteiger partial charge on any atom is -0.481 e. The van der Waals surface area contributed by atoms with Gasteiger partial charge in [-0.3, -0.25) is 14.5 Å². The molecule has 6 aliphatic heterocycles. The van der Waals surface area contributed by atoms with Crippen LogP contribution in [0, 0.1) is 29.6 Å². The fraction of sp³-hybridized carbons (Fsp3) is 0.634. The van der Waals surface area contributed by atoms with Crippen LogP contribution in [0.25, 0.3) is 0 Å². The number of benzene rings is 2. The summed E-state index contributed by atoms with van der Waals surface area (Å²) >= 11 is 0. The molecule has 6 N–H and O–H groups in total. The molecule has 10 nitrogen and oxygen atoms in total. The van der Waals surface area contributed by atoms with E-state index in [4.69, 9.17) is 0 Å². The number of hydrogen-bond acceptors (Lipinski definition) is 7. The van der Waals surface area contributed by atoms with Gasteiger partial charge in [-0.2, -0.15) is 0 Å². The largest absolute Gasteiger partial charge is 0.481 e. The molecule has 1 aliphatic carbocycles.